The SMILES string of the molecule is Cc1cc(C)c(NC(=O)C2NCC3CCCC32)c(C)c1. The molecule has 1 aliphatic heterocycles. The van der Waals surface area contributed by atoms with Gasteiger partial charge in [0.05, 0.1) is 6.04 Å². The number of hydrogen-bond donors (Lipinski definition) is 2. The molecule has 1 heterocycles. The highest BCUT2D eigenvalue weighted by atomic mass is 16.2. The van der Waals surface area contributed by atoms with Crippen molar-refractivity contribution < 1.29 is 4.79 Å². The Hall–Kier alpha value is -1.35. The number of rotatable bonds is 2. The lowest BCUT2D eigenvalue weighted by Crippen LogP contribution is -2.40. The zero-order valence-electron chi connectivity index (χ0n) is 12.6. The third kappa shape index (κ3) is 2.35. The Morgan fingerprint density at radius 1 is 1.20 bits per heavy atom. The molecule has 2 N–H and O–H groups in total. The van der Waals surface area contributed by atoms with Crippen LogP contribution in [0.3, 0.4) is 0 Å². The van der Waals surface area contributed by atoms with E-state index >= 15 is 0 Å². The van der Waals surface area contributed by atoms with Crippen molar-refractivity contribution in [3.8, 4) is 0 Å². The second kappa shape index (κ2) is 5.21. The van der Waals surface area contributed by atoms with Gasteiger partial charge in [-0.3, -0.25) is 4.79 Å². The molecule has 3 unspecified atom stereocenters. The molecule has 3 heteroatoms. The van der Waals surface area contributed by atoms with Crippen molar-refractivity contribution in [3.63, 3.8) is 0 Å². The number of amides is 1. The van der Waals surface area contributed by atoms with Gasteiger partial charge < -0.3 is 10.6 Å². The molecule has 20 heavy (non-hydrogen) atoms. The molecule has 0 spiro atoms. The van der Waals surface area contributed by atoms with E-state index in [4.69, 9.17) is 0 Å². The number of carbonyl (C=O) groups excluding carboxylic acids is 1. The Morgan fingerprint density at radius 2 is 1.90 bits per heavy atom. The third-order valence-corrected chi connectivity index (χ3v) is 4.95. The zero-order chi connectivity index (χ0) is 14.3. The molecular weight excluding hydrogens is 248 g/mol. The summed E-state index contributed by atoms with van der Waals surface area (Å²) in [6.45, 7) is 7.23. The molecule has 3 nitrogen and oxygen atoms in total. The first-order chi connectivity index (χ1) is 9.56. The van der Waals surface area contributed by atoms with Crippen LogP contribution in [0.25, 0.3) is 0 Å². The number of aryl methyl sites for hydroxylation is 3. The topological polar surface area (TPSA) is 41.1 Å². The summed E-state index contributed by atoms with van der Waals surface area (Å²) >= 11 is 0. The van der Waals surface area contributed by atoms with E-state index in [0.29, 0.717) is 11.8 Å². The molecule has 1 saturated carbocycles. The molecule has 0 bridgehead atoms. The van der Waals surface area contributed by atoms with Gasteiger partial charge in [0.25, 0.3) is 0 Å². The summed E-state index contributed by atoms with van der Waals surface area (Å²) < 4.78 is 0. The molecule has 3 atom stereocenters. The number of hydrogen-bond acceptors (Lipinski definition) is 2. The average Bonchev–Trinajstić information content (AvgIpc) is 2.95. The number of anilines is 1. The highest BCUT2D eigenvalue weighted by Gasteiger charge is 2.42. The summed E-state index contributed by atoms with van der Waals surface area (Å²) in [6.07, 6.45) is 3.76. The monoisotopic (exact) mass is 272 g/mol. The largest absolute Gasteiger partial charge is 0.324 e. The first-order valence-corrected chi connectivity index (χ1v) is 7.68. The Labute approximate surface area is 121 Å². The molecule has 108 valence electrons. The molecule has 1 aromatic carbocycles. The van der Waals surface area contributed by atoms with E-state index in [1.165, 1.54) is 24.8 Å². The Morgan fingerprint density at radius 3 is 2.60 bits per heavy atom. The van der Waals surface area contributed by atoms with Gasteiger partial charge in [0, 0.05) is 5.69 Å². The fraction of sp³-hybridized carbons (Fsp3) is 0.588. The first kappa shape index (κ1) is 13.6. The molecule has 1 aliphatic carbocycles. The van der Waals surface area contributed by atoms with Crippen LogP contribution in [-0.2, 0) is 4.79 Å². The van der Waals surface area contributed by atoms with Crippen molar-refractivity contribution in [1.29, 1.82) is 0 Å². The van der Waals surface area contributed by atoms with Crippen LogP contribution in [-0.4, -0.2) is 18.5 Å². The van der Waals surface area contributed by atoms with Crippen molar-refractivity contribution in [2.45, 2.75) is 46.1 Å². The molecule has 2 aliphatic rings. The number of nitrogens with one attached hydrogen (secondary N) is 2. The summed E-state index contributed by atoms with van der Waals surface area (Å²) in [7, 11) is 0. The van der Waals surface area contributed by atoms with E-state index in [0.717, 1.165) is 23.4 Å². The van der Waals surface area contributed by atoms with Gasteiger partial charge in [0.1, 0.15) is 0 Å². The summed E-state index contributed by atoms with van der Waals surface area (Å²) in [5.74, 6) is 1.40. The highest BCUT2D eigenvalue weighted by molar-refractivity contribution is 5.96. The van der Waals surface area contributed by atoms with Crippen LogP contribution < -0.4 is 10.6 Å². The third-order valence-electron chi connectivity index (χ3n) is 4.95. The minimum absolute atomic E-state index is 0.00241. The smallest absolute Gasteiger partial charge is 0.241 e. The van der Waals surface area contributed by atoms with Crippen molar-refractivity contribution in [2.24, 2.45) is 11.8 Å². The lowest BCUT2D eigenvalue weighted by Gasteiger charge is -2.20. The predicted octanol–water partition coefficient (Wildman–Crippen LogP) is 2.94. The summed E-state index contributed by atoms with van der Waals surface area (Å²) in [5.41, 5.74) is 4.53. The van der Waals surface area contributed by atoms with Crippen molar-refractivity contribution >= 4 is 11.6 Å². The maximum atomic E-state index is 12.6. The molecule has 0 radical (unpaired) electrons. The fourth-order valence-corrected chi connectivity index (χ4v) is 4.05. The van der Waals surface area contributed by atoms with Crippen LogP contribution in [0, 0.1) is 32.6 Å². The van der Waals surface area contributed by atoms with E-state index in [1.54, 1.807) is 0 Å². The minimum Gasteiger partial charge on any atom is -0.324 e. The van der Waals surface area contributed by atoms with Crippen molar-refractivity contribution in [3.05, 3.63) is 28.8 Å². The first-order valence-electron chi connectivity index (χ1n) is 7.68. The van der Waals surface area contributed by atoms with E-state index < -0.39 is 0 Å². The Kier molecular flexibility index (Phi) is 3.55. The second-order valence-corrected chi connectivity index (χ2v) is 6.50. The van der Waals surface area contributed by atoms with Crippen LogP contribution >= 0.6 is 0 Å². The summed E-state index contributed by atoms with van der Waals surface area (Å²) in [5, 5.41) is 6.58. The fourth-order valence-electron chi connectivity index (χ4n) is 4.05. The molecule has 2 fully saturated rings. The number of fused-ring (bicyclic) bond motifs is 1. The van der Waals surface area contributed by atoms with Gasteiger partial charge in [-0.2, -0.15) is 0 Å². The van der Waals surface area contributed by atoms with Gasteiger partial charge in [-0.25, -0.2) is 0 Å². The van der Waals surface area contributed by atoms with Crippen LogP contribution in [0.5, 0.6) is 0 Å². The van der Waals surface area contributed by atoms with Gasteiger partial charge in [-0.15, -0.1) is 0 Å². The molecule has 1 amide bonds. The van der Waals surface area contributed by atoms with Crippen LogP contribution in [0.4, 0.5) is 5.69 Å². The van der Waals surface area contributed by atoms with E-state index in [9.17, 15) is 4.79 Å². The average molecular weight is 272 g/mol. The standard InChI is InChI=1S/C17H24N2O/c1-10-7-11(2)15(12(3)8-10)19-17(20)16-14-6-4-5-13(14)9-18-16/h7-8,13-14,16,18H,4-6,9H2,1-3H3,(H,19,20). The van der Waals surface area contributed by atoms with E-state index in [1.807, 2.05) is 0 Å². The summed E-state index contributed by atoms with van der Waals surface area (Å²) in [6, 6.07) is 4.26. The maximum absolute atomic E-state index is 12.6. The van der Waals surface area contributed by atoms with E-state index in [2.05, 4.69) is 43.5 Å². The Balaban J connectivity index is 1.76. The van der Waals surface area contributed by atoms with Crippen LogP contribution in [0.1, 0.15) is 36.0 Å². The molecule has 1 saturated heterocycles. The normalized spacial score (nSPS) is 28.4. The Bertz CT molecular complexity index is 515. The highest BCUT2D eigenvalue weighted by Crippen LogP contribution is 2.38. The molecule has 1 aromatic rings. The predicted molar refractivity (Wildman–Crippen MR) is 81.9 cm³/mol. The number of carbonyl (C=O) groups is 1. The maximum Gasteiger partial charge on any atom is 0.241 e. The summed E-state index contributed by atoms with van der Waals surface area (Å²) in [4.78, 5) is 12.6. The van der Waals surface area contributed by atoms with E-state index in [-0.39, 0.29) is 11.9 Å². The van der Waals surface area contributed by atoms with Crippen LogP contribution in [0.15, 0.2) is 12.1 Å². The minimum atomic E-state index is 0.00241. The quantitative estimate of drug-likeness (QED) is 0.869. The lowest BCUT2D eigenvalue weighted by molar-refractivity contribution is -0.118. The molecule has 3 rings (SSSR count). The van der Waals surface area contributed by atoms with Crippen LogP contribution in [0.2, 0.25) is 0 Å². The van der Waals surface area contributed by atoms with Gasteiger partial charge in [0.2, 0.25) is 5.91 Å². The van der Waals surface area contributed by atoms with Crippen molar-refractivity contribution in [2.75, 3.05) is 11.9 Å². The lowest BCUT2D eigenvalue weighted by atomic mass is 9.93. The van der Waals surface area contributed by atoms with Gasteiger partial charge >= 0.3 is 0 Å². The number of benzene rings is 1. The van der Waals surface area contributed by atoms with Gasteiger partial charge in [-0.1, -0.05) is 24.1 Å². The molecular formula is C17H24N2O. The molecule has 0 aromatic heterocycles. The van der Waals surface area contributed by atoms with Gasteiger partial charge in [0.15, 0.2) is 0 Å². The van der Waals surface area contributed by atoms with Crippen molar-refractivity contribution in [1.82, 2.24) is 5.32 Å². The zero-order valence-corrected chi connectivity index (χ0v) is 12.6. The second-order valence-electron chi connectivity index (χ2n) is 6.50. The van der Waals surface area contributed by atoms with Gasteiger partial charge in [-0.05, 0) is 63.1 Å².